The van der Waals surface area contributed by atoms with E-state index in [9.17, 15) is 14.7 Å². The molecule has 10 rings (SSSR count). The highest BCUT2D eigenvalue weighted by Crippen LogP contribution is 2.61. The Balaban J connectivity index is 1.00. The molecule has 1 saturated carbocycles. The molecule has 0 radical (unpaired) electrons. The van der Waals surface area contributed by atoms with Gasteiger partial charge in [-0.3, -0.25) is 33.7 Å². The molecule has 14 heteroatoms. The number of hydrogen-bond acceptors (Lipinski definition) is 10. The number of thiophene rings is 1. The highest BCUT2D eigenvalue weighted by atomic mass is 35.5. The number of amides is 4. The van der Waals surface area contributed by atoms with Gasteiger partial charge in [0.2, 0.25) is 29.4 Å². The number of allylic oxidation sites excluding steroid dienone is 3. The number of piperidine rings is 1. The Labute approximate surface area is 380 Å². The van der Waals surface area contributed by atoms with E-state index >= 15 is 9.59 Å². The van der Waals surface area contributed by atoms with Gasteiger partial charge < -0.3 is 14.6 Å². The maximum Gasteiger partial charge on any atom is 0.242 e. The molecule has 64 heavy (non-hydrogen) atoms. The number of likely N-dealkylation sites (tertiary alicyclic amines) is 2. The van der Waals surface area contributed by atoms with E-state index in [2.05, 4.69) is 23.1 Å². The summed E-state index contributed by atoms with van der Waals surface area (Å²) in [5, 5.41) is 17.2. The summed E-state index contributed by atoms with van der Waals surface area (Å²) in [5.74, 6) is -3.40. The number of fused-ring (bicyclic) bond motifs is 5. The van der Waals surface area contributed by atoms with E-state index in [1.54, 1.807) is 46.2 Å². The number of aromatic hydroxyl groups is 1. The minimum atomic E-state index is -1.25. The zero-order chi connectivity index (χ0) is 44.8. The number of phenolic OH excluding ortho intramolecular Hbond substituents is 1. The van der Waals surface area contributed by atoms with Crippen LogP contribution in [0.2, 0.25) is 5.02 Å². The van der Waals surface area contributed by atoms with Crippen molar-refractivity contribution in [2.75, 3.05) is 32.2 Å². The minimum Gasteiger partial charge on any atom is -0.502 e. The van der Waals surface area contributed by atoms with Gasteiger partial charge in [0.1, 0.15) is 11.5 Å². The fraction of sp³-hybridized carbons (Fsp3) is 0.380. The van der Waals surface area contributed by atoms with Gasteiger partial charge in [0, 0.05) is 54.4 Å². The molecule has 3 saturated heterocycles. The predicted molar refractivity (Wildman–Crippen MR) is 246 cm³/mol. The van der Waals surface area contributed by atoms with Gasteiger partial charge in [-0.2, -0.15) is 5.10 Å². The van der Waals surface area contributed by atoms with Gasteiger partial charge in [-0.15, -0.1) is 11.3 Å². The molecule has 5 heterocycles. The van der Waals surface area contributed by atoms with Crippen molar-refractivity contribution in [1.82, 2.24) is 19.6 Å². The number of carbonyl (C=O) groups excluding carboxylic acids is 4. The molecule has 2 aromatic heterocycles. The van der Waals surface area contributed by atoms with E-state index in [0.717, 1.165) is 45.7 Å². The number of methoxy groups -OCH3 is 2. The van der Waals surface area contributed by atoms with Crippen molar-refractivity contribution in [1.29, 1.82) is 0 Å². The standard InChI is InChI=1S/C50H50ClN5O7S/c1-27-34-23-30(51)12-16-41(34)64-45(27)38-25-42(53(3)52-38)56-47(59)37-24-35-32(36(50(37,2)49(56)61)15-11-29-21-39(62-4)44(57)40(22-29)63-5)13-14-33-43(35)48(60)55(46(33)58)31-17-19-54(20-18-31)26-28-9-7-6-8-10-28/h6-13,15-16,21-23,25,31,33,35-37,43,57H,14,17-20,24,26H2,1-5H3. The molecule has 5 aliphatic rings. The fourth-order valence-corrected chi connectivity index (χ4v) is 12.7. The van der Waals surface area contributed by atoms with Crippen molar-refractivity contribution >= 4 is 68.5 Å². The number of imide groups is 2. The molecule has 1 N–H and O–H groups in total. The van der Waals surface area contributed by atoms with Crippen molar-refractivity contribution in [3.05, 3.63) is 106 Å². The summed E-state index contributed by atoms with van der Waals surface area (Å²) in [4.78, 5) is 65.8. The number of nitrogens with zero attached hydrogens (tertiary/aromatic N) is 5. The molecule has 3 aliphatic heterocycles. The molecule has 4 fully saturated rings. The molecule has 2 aliphatic carbocycles. The Morgan fingerprint density at radius 1 is 0.938 bits per heavy atom. The Hall–Kier alpha value is -5.76. The summed E-state index contributed by atoms with van der Waals surface area (Å²) < 4.78 is 13.6. The molecule has 6 atom stereocenters. The van der Waals surface area contributed by atoms with E-state index in [1.165, 1.54) is 24.7 Å². The molecule has 12 nitrogen and oxygen atoms in total. The highest BCUT2D eigenvalue weighted by molar-refractivity contribution is 7.22. The zero-order valence-electron chi connectivity index (χ0n) is 36.4. The van der Waals surface area contributed by atoms with Crippen LogP contribution in [0.3, 0.4) is 0 Å². The first-order valence-corrected chi connectivity index (χ1v) is 23.1. The minimum absolute atomic E-state index is 0.132. The smallest absolute Gasteiger partial charge is 0.242 e. The molecule has 5 aromatic rings. The van der Waals surface area contributed by atoms with Gasteiger partial charge in [-0.1, -0.05) is 65.7 Å². The van der Waals surface area contributed by atoms with Crippen LogP contribution in [0.1, 0.15) is 49.3 Å². The number of hydrogen-bond donors (Lipinski definition) is 1. The molecule has 0 bridgehead atoms. The predicted octanol–water partition coefficient (Wildman–Crippen LogP) is 8.43. The maximum absolute atomic E-state index is 15.3. The number of phenols is 1. The third-order valence-electron chi connectivity index (χ3n) is 14.8. The maximum atomic E-state index is 15.3. The van der Waals surface area contributed by atoms with Crippen LogP contribution in [0.15, 0.2) is 84.5 Å². The van der Waals surface area contributed by atoms with E-state index in [4.69, 9.17) is 26.2 Å². The number of halogens is 1. The van der Waals surface area contributed by atoms with Gasteiger partial charge in [0.05, 0.1) is 42.3 Å². The normalized spacial score (nSPS) is 26.2. The summed E-state index contributed by atoms with van der Waals surface area (Å²) in [6, 6.07) is 21.1. The van der Waals surface area contributed by atoms with Crippen LogP contribution in [0.25, 0.3) is 26.7 Å². The lowest BCUT2D eigenvalue weighted by Crippen LogP contribution is -2.50. The Bertz CT molecular complexity index is 2780. The second-order valence-corrected chi connectivity index (χ2v) is 19.6. The highest BCUT2D eigenvalue weighted by Gasteiger charge is 2.67. The van der Waals surface area contributed by atoms with Crippen molar-refractivity contribution in [2.45, 2.75) is 52.1 Å². The quantitative estimate of drug-likeness (QED) is 0.114. The Morgan fingerprint density at radius 2 is 1.66 bits per heavy atom. The van der Waals surface area contributed by atoms with E-state index < -0.39 is 35.0 Å². The van der Waals surface area contributed by atoms with Gasteiger partial charge in [0.25, 0.3) is 0 Å². The summed E-state index contributed by atoms with van der Waals surface area (Å²) in [5.41, 5.74) is 3.16. The Kier molecular flexibility index (Phi) is 10.6. The zero-order valence-corrected chi connectivity index (χ0v) is 38.0. The summed E-state index contributed by atoms with van der Waals surface area (Å²) in [6.07, 6.45) is 7.87. The number of aryl methyl sites for hydroxylation is 2. The number of aromatic nitrogens is 2. The lowest BCUT2D eigenvalue weighted by molar-refractivity contribution is -0.144. The van der Waals surface area contributed by atoms with Crippen molar-refractivity contribution < 1.29 is 33.8 Å². The molecule has 330 valence electrons. The number of ether oxygens (including phenoxy) is 2. The molecular weight excluding hydrogens is 850 g/mol. The van der Waals surface area contributed by atoms with Crippen LogP contribution in [0.5, 0.6) is 17.2 Å². The lowest BCUT2D eigenvalue weighted by Gasteiger charge is -2.48. The second-order valence-electron chi connectivity index (χ2n) is 18.1. The van der Waals surface area contributed by atoms with Crippen LogP contribution in [-0.4, -0.2) is 81.7 Å². The van der Waals surface area contributed by atoms with Gasteiger partial charge in [0.15, 0.2) is 11.5 Å². The first-order chi connectivity index (χ1) is 30.8. The van der Waals surface area contributed by atoms with E-state index in [-0.39, 0.29) is 53.3 Å². The number of rotatable bonds is 9. The summed E-state index contributed by atoms with van der Waals surface area (Å²) >= 11 is 7.94. The SMILES string of the molecule is COc1cc(C=CC2C3=CCC4C(=O)N(C5CCN(Cc6ccccc6)CC5)C(=O)C4C3CC3C(=O)N(c4cc(-c5sc6ccc(Cl)cc6c5C)nn4C)C(=O)C23C)cc(OC)c1O. The van der Waals surface area contributed by atoms with E-state index in [1.807, 2.05) is 62.4 Å². The van der Waals surface area contributed by atoms with Crippen LogP contribution >= 0.6 is 22.9 Å². The summed E-state index contributed by atoms with van der Waals surface area (Å²) in [7, 11) is 4.65. The molecule has 3 aromatic carbocycles. The molecule has 6 unspecified atom stereocenters. The Morgan fingerprint density at radius 3 is 2.36 bits per heavy atom. The fourth-order valence-electron chi connectivity index (χ4n) is 11.4. The van der Waals surface area contributed by atoms with Crippen LogP contribution in [-0.2, 0) is 32.8 Å². The summed E-state index contributed by atoms with van der Waals surface area (Å²) in [6.45, 7) is 6.25. The molecular formula is C50H50ClN5O7S. The largest absolute Gasteiger partial charge is 0.502 e. The average Bonchev–Trinajstić information content (AvgIpc) is 3.97. The van der Waals surface area contributed by atoms with Gasteiger partial charge in [-0.05, 0) is 97.9 Å². The van der Waals surface area contributed by atoms with Crippen molar-refractivity contribution in [2.24, 2.45) is 42.1 Å². The van der Waals surface area contributed by atoms with E-state index in [0.29, 0.717) is 41.4 Å². The third-order valence-corrected chi connectivity index (χ3v) is 16.3. The third kappa shape index (κ3) is 6.60. The second kappa shape index (κ2) is 16.0. The monoisotopic (exact) mass is 899 g/mol. The molecule has 4 amide bonds. The number of carbonyl (C=O) groups is 4. The lowest BCUT2D eigenvalue weighted by atomic mass is 9.52. The first kappa shape index (κ1) is 42.2. The topological polar surface area (TPSA) is 135 Å². The van der Waals surface area contributed by atoms with Crippen LogP contribution in [0, 0.1) is 41.9 Å². The number of benzene rings is 3. The van der Waals surface area contributed by atoms with Crippen molar-refractivity contribution in [3.63, 3.8) is 0 Å². The number of anilines is 1. The average molecular weight is 900 g/mol. The van der Waals surface area contributed by atoms with Crippen LogP contribution < -0.4 is 14.4 Å². The first-order valence-electron chi connectivity index (χ1n) is 21.9. The molecule has 0 spiro atoms. The van der Waals surface area contributed by atoms with Gasteiger partial charge in [-0.25, -0.2) is 4.90 Å². The van der Waals surface area contributed by atoms with Gasteiger partial charge >= 0.3 is 0 Å². The van der Waals surface area contributed by atoms with Crippen LogP contribution in [0.4, 0.5) is 5.82 Å². The van der Waals surface area contributed by atoms with Crippen molar-refractivity contribution in [3.8, 4) is 27.8 Å².